The number of rotatable bonds is 4. The Bertz CT molecular complexity index is 360. The summed E-state index contributed by atoms with van der Waals surface area (Å²) in [6.07, 6.45) is 1.22. The van der Waals surface area contributed by atoms with Crippen LogP contribution in [-0.2, 0) is 14.4 Å². The fraction of sp³-hybridized carbons (Fsp3) is 0.750. The molecule has 2 N–H and O–H groups in total. The number of carbonyl (C=O) groups is 3. The Labute approximate surface area is 106 Å². The van der Waals surface area contributed by atoms with Crippen LogP contribution in [-0.4, -0.2) is 46.9 Å². The number of nitrogens with zero attached hydrogens (tertiary/aromatic N) is 1. The minimum Gasteiger partial charge on any atom is -0.480 e. The highest BCUT2D eigenvalue weighted by molar-refractivity contribution is 5.88. The molecule has 0 bridgehead atoms. The normalized spacial score (nSPS) is 17.7. The molecule has 0 saturated carbocycles. The van der Waals surface area contributed by atoms with E-state index in [0.29, 0.717) is 13.0 Å². The Hall–Kier alpha value is -1.59. The van der Waals surface area contributed by atoms with Gasteiger partial charge in [0.2, 0.25) is 11.8 Å². The van der Waals surface area contributed by atoms with Crippen LogP contribution in [0.4, 0.5) is 0 Å². The molecule has 1 unspecified atom stereocenters. The van der Waals surface area contributed by atoms with Gasteiger partial charge in [0, 0.05) is 13.0 Å². The minimum atomic E-state index is -1.07. The van der Waals surface area contributed by atoms with Gasteiger partial charge in [0.1, 0.15) is 6.04 Å². The summed E-state index contributed by atoms with van der Waals surface area (Å²) in [5, 5.41) is 11.5. The molecule has 0 aliphatic carbocycles. The lowest BCUT2D eigenvalue weighted by molar-refractivity contribution is -0.145. The van der Waals surface area contributed by atoms with Crippen LogP contribution in [0.1, 0.15) is 33.6 Å². The zero-order valence-corrected chi connectivity index (χ0v) is 11.0. The number of nitrogens with one attached hydrogen (secondary N) is 1. The first-order chi connectivity index (χ1) is 8.21. The molecule has 1 aliphatic heterocycles. The zero-order valence-electron chi connectivity index (χ0n) is 11.0. The predicted octanol–water partition coefficient (Wildman–Crippen LogP) is 0.224. The second kappa shape index (κ2) is 5.37. The topological polar surface area (TPSA) is 86.7 Å². The maximum Gasteiger partial charge on any atom is 0.326 e. The maximum absolute atomic E-state index is 11.7. The van der Waals surface area contributed by atoms with Crippen LogP contribution in [0.5, 0.6) is 0 Å². The Morgan fingerprint density at radius 3 is 2.44 bits per heavy atom. The van der Waals surface area contributed by atoms with Crippen LogP contribution in [0.25, 0.3) is 0 Å². The van der Waals surface area contributed by atoms with E-state index >= 15 is 0 Å². The van der Waals surface area contributed by atoms with Gasteiger partial charge in [-0.25, -0.2) is 4.79 Å². The van der Waals surface area contributed by atoms with Crippen molar-refractivity contribution in [2.24, 2.45) is 5.41 Å². The van der Waals surface area contributed by atoms with Crippen molar-refractivity contribution in [3.8, 4) is 0 Å². The van der Waals surface area contributed by atoms with Crippen LogP contribution in [0.15, 0.2) is 0 Å². The van der Waals surface area contributed by atoms with Crippen molar-refractivity contribution in [1.82, 2.24) is 10.2 Å². The molecule has 1 atom stereocenters. The van der Waals surface area contributed by atoms with Crippen LogP contribution in [0, 0.1) is 5.41 Å². The zero-order chi connectivity index (χ0) is 13.9. The summed E-state index contributed by atoms with van der Waals surface area (Å²) >= 11 is 0. The summed E-state index contributed by atoms with van der Waals surface area (Å²) in [4.78, 5) is 35.6. The van der Waals surface area contributed by atoms with Gasteiger partial charge in [0.05, 0.1) is 6.54 Å². The molecule has 1 fully saturated rings. The molecular weight excluding hydrogens is 236 g/mol. The number of carboxylic acid groups (broad SMARTS) is 1. The SMILES string of the molecule is CC(C)(C)C(NC(=O)CN1CCCC1=O)C(=O)O. The van der Waals surface area contributed by atoms with E-state index in [9.17, 15) is 14.4 Å². The highest BCUT2D eigenvalue weighted by atomic mass is 16.4. The first-order valence-corrected chi connectivity index (χ1v) is 6.02. The lowest BCUT2D eigenvalue weighted by Crippen LogP contribution is -2.51. The highest BCUT2D eigenvalue weighted by Gasteiger charge is 2.33. The van der Waals surface area contributed by atoms with E-state index in [1.807, 2.05) is 0 Å². The summed E-state index contributed by atoms with van der Waals surface area (Å²) in [6.45, 7) is 5.74. The molecule has 1 heterocycles. The van der Waals surface area contributed by atoms with Gasteiger partial charge in [-0.1, -0.05) is 20.8 Å². The van der Waals surface area contributed by atoms with E-state index in [1.165, 1.54) is 4.90 Å². The molecule has 0 aromatic heterocycles. The molecule has 0 spiro atoms. The van der Waals surface area contributed by atoms with Gasteiger partial charge in [-0.3, -0.25) is 9.59 Å². The van der Waals surface area contributed by atoms with Crippen LogP contribution < -0.4 is 5.32 Å². The quantitative estimate of drug-likeness (QED) is 0.753. The predicted molar refractivity (Wildman–Crippen MR) is 64.8 cm³/mol. The van der Waals surface area contributed by atoms with E-state index in [4.69, 9.17) is 5.11 Å². The summed E-state index contributed by atoms with van der Waals surface area (Å²) in [6, 6.07) is -0.956. The first kappa shape index (κ1) is 14.5. The third kappa shape index (κ3) is 3.72. The molecule has 6 heteroatoms. The molecule has 1 aliphatic rings. The molecule has 0 radical (unpaired) electrons. The van der Waals surface area contributed by atoms with Crippen molar-refractivity contribution < 1.29 is 19.5 Å². The van der Waals surface area contributed by atoms with Crippen molar-refractivity contribution in [3.63, 3.8) is 0 Å². The monoisotopic (exact) mass is 256 g/mol. The number of likely N-dealkylation sites (tertiary alicyclic amines) is 1. The average Bonchev–Trinajstić information content (AvgIpc) is 2.59. The van der Waals surface area contributed by atoms with E-state index in [2.05, 4.69) is 5.32 Å². The average molecular weight is 256 g/mol. The molecule has 0 aromatic carbocycles. The lowest BCUT2D eigenvalue weighted by Gasteiger charge is -2.28. The van der Waals surface area contributed by atoms with Gasteiger partial charge in [0.25, 0.3) is 0 Å². The molecule has 0 aromatic rings. The number of carboxylic acids is 1. The fourth-order valence-corrected chi connectivity index (χ4v) is 1.90. The van der Waals surface area contributed by atoms with Crippen molar-refractivity contribution in [3.05, 3.63) is 0 Å². The van der Waals surface area contributed by atoms with E-state index in [0.717, 1.165) is 6.42 Å². The van der Waals surface area contributed by atoms with Crippen molar-refractivity contribution in [2.75, 3.05) is 13.1 Å². The number of carbonyl (C=O) groups excluding carboxylic acids is 2. The number of hydrogen-bond acceptors (Lipinski definition) is 3. The van der Waals surface area contributed by atoms with Gasteiger partial charge >= 0.3 is 5.97 Å². The van der Waals surface area contributed by atoms with E-state index in [1.54, 1.807) is 20.8 Å². The summed E-state index contributed by atoms with van der Waals surface area (Å²) < 4.78 is 0. The molecule has 1 rings (SSSR count). The van der Waals surface area contributed by atoms with Crippen molar-refractivity contribution >= 4 is 17.8 Å². The van der Waals surface area contributed by atoms with Gasteiger partial charge in [-0.15, -0.1) is 0 Å². The largest absolute Gasteiger partial charge is 0.480 e. The Morgan fingerprint density at radius 1 is 1.44 bits per heavy atom. The van der Waals surface area contributed by atoms with Gasteiger partial charge in [-0.2, -0.15) is 0 Å². The Morgan fingerprint density at radius 2 is 2.06 bits per heavy atom. The second-order valence-corrected chi connectivity index (χ2v) is 5.62. The summed E-state index contributed by atoms with van der Waals surface area (Å²) in [7, 11) is 0. The smallest absolute Gasteiger partial charge is 0.326 e. The lowest BCUT2D eigenvalue weighted by atomic mass is 9.87. The molecular formula is C12H20N2O4. The third-order valence-electron chi connectivity index (χ3n) is 2.92. The van der Waals surface area contributed by atoms with Gasteiger partial charge in [0.15, 0.2) is 0 Å². The second-order valence-electron chi connectivity index (χ2n) is 5.62. The van der Waals surface area contributed by atoms with E-state index in [-0.39, 0.29) is 12.5 Å². The molecule has 1 saturated heterocycles. The number of hydrogen-bond donors (Lipinski definition) is 2. The highest BCUT2D eigenvalue weighted by Crippen LogP contribution is 2.19. The number of aliphatic carboxylic acids is 1. The van der Waals surface area contributed by atoms with Gasteiger partial charge in [-0.05, 0) is 11.8 Å². The minimum absolute atomic E-state index is 0.0483. The Balaban J connectivity index is 2.57. The number of amides is 2. The van der Waals surface area contributed by atoms with Crippen LogP contribution in [0.2, 0.25) is 0 Å². The third-order valence-corrected chi connectivity index (χ3v) is 2.92. The molecule has 6 nitrogen and oxygen atoms in total. The maximum atomic E-state index is 11.7. The van der Waals surface area contributed by atoms with Crippen molar-refractivity contribution in [2.45, 2.75) is 39.7 Å². The summed E-state index contributed by atoms with van der Waals surface area (Å²) in [5.74, 6) is -1.54. The Kier molecular flexibility index (Phi) is 4.32. The van der Waals surface area contributed by atoms with E-state index < -0.39 is 23.3 Å². The van der Waals surface area contributed by atoms with Gasteiger partial charge < -0.3 is 15.3 Å². The molecule has 2 amide bonds. The standard InChI is InChI=1S/C12H20N2O4/c1-12(2,3)10(11(17)18)13-8(15)7-14-6-4-5-9(14)16/h10H,4-7H2,1-3H3,(H,13,15)(H,17,18). The first-order valence-electron chi connectivity index (χ1n) is 6.02. The molecule has 18 heavy (non-hydrogen) atoms. The molecule has 102 valence electrons. The van der Waals surface area contributed by atoms with Crippen LogP contribution >= 0.6 is 0 Å². The summed E-state index contributed by atoms with van der Waals surface area (Å²) in [5.41, 5.74) is -0.573. The van der Waals surface area contributed by atoms with Crippen molar-refractivity contribution in [1.29, 1.82) is 0 Å². The fourth-order valence-electron chi connectivity index (χ4n) is 1.90. The van der Waals surface area contributed by atoms with Crippen LogP contribution in [0.3, 0.4) is 0 Å².